The van der Waals surface area contributed by atoms with Gasteiger partial charge in [-0.3, -0.25) is 0 Å². The topological polar surface area (TPSA) is 43.4 Å². The van der Waals surface area contributed by atoms with E-state index in [0.29, 0.717) is 17.9 Å². The van der Waals surface area contributed by atoms with Crippen molar-refractivity contribution in [1.29, 1.82) is 0 Å². The number of rotatable bonds is 2. The van der Waals surface area contributed by atoms with E-state index < -0.39 is 5.82 Å². The molecule has 0 atom stereocenters. The van der Waals surface area contributed by atoms with Crippen LogP contribution in [0.2, 0.25) is 0 Å². The molecule has 0 aliphatic carbocycles. The van der Waals surface area contributed by atoms with E-state index in [9.17, 15) is 4.79 Å². The first-order valence-corrected chi connectivity index (χ1v) is 4.54. The molecule has 3 heteroatoms. The maximum atomic E-state index is 10.8. The number of hydrogen-bond acceptors (Lipinski definition) is 3. The van der Waals surface area contributed by atoms with E-state index in [1.807, 2.05) is 6.92 Å². The molecule has 74 valence electrons. The molecule has 1 heterocycles. The van der Waals surface area contributed by atoms with E-state index in [1.54, 1.807) is 0 Å². The van der Waals surface area contributed by atoms with Crippen molar-refractivity contribution in [3.8, 4) is 0 Å². The molecule has 0 amide bonds. The third-order valence-corrected chi connectivity index (χ3v) is 1.74. The lowest BCUT2D eigenvalue weighted by Crippen LogP contribution is -2.09. The molecular formula is C10H16O3. The quantitative estimate of drug-likeness (QED) is 0.708. The zero-order chi connectivity index (χ0) is 10.1. The van der Waals surface area contributed by atoms with Crippen molar-refractivity contribution in [2.24, 2.45) is 5.41 Å². The van der Waals surface area contributed by atoms with Crippen molar-refractivity contribution < 1.29 is 8.83 Å². The summed E-state index contributed by atoms with van der Waals surface area (Å²) in [5.41, 5.74) is 0.115. The van der Waals surface area contributed by atoms with Crippen LogP contribution in [-0.2, 0) is 12.8 Å². The molecule has 0 radical (unpaired) electrons. The average Bonchev–Trinajstić information content (AvgIpc) is 2.27. The van der Waals surface area contributed by atoms with Crippen LogP contribution < -0.4 is 5.82 Å². The molecule has 3 nitrogen and oxygen atoms in total. The average molecular weight is 184 g/mol. The highest BCUT2D eigenvalue weighted by molar-refractivity contribution is 5.05. The minimum atomic E-state index is -0.587. The van der Waals surface area contributed by atoms with Gasteiger partial charge in [-0.05, 0) is 5.41 Å². The van der Waals surface area contributed by atoms with Crippen LogP contribution in [0.4, 0.5) is 0 Å². The SMILES string of the molecule is CCc1oc(=O)oc1CC(C)(C)C. The molecule has 0 aliphatic rings. The van der Waals surface area contributed by atoms with Crippen LogP contribution in [0.1, 0.15) is 39.2 Å². The van der Waals surface area contributed by atoms with Crippen molar-refractivity contribution in [3.05, 3.63) is 22.1 Å². The lowest BCUT2D eigenvalue weighted by atomic mass is 9.90. The zero-order valence-electron chi connectivity index (χ0n) is 8.64. The van der Waals surface area contributed by atoms with Crippen molar-refractivity contribution in [3.63, 3.8) is 0 Å². The van der Waals surface area contributed by atoms with Gasteiger partial charge in [0, 0.05) is 12.8 Å². The van der Waals surface area contributed by atoms with Gasteiger partial charge in [-0.2, -0.15) is 0 Å². The first-order valence-electron chi connectivity index (χ1n) is 4.54. The minimum Gasteiger partial charge on any atom is -0.396 e. The second-order valence-electron chi connectivity index (χ2n) is 4.39. The molecule has 0 bridgehead atoms. The van der Waals surface area contributed by atoms with Crippen LogP contribution in [0.5, 0.6) is 0 Å². The largest absolute Gasteiger partial charge is 0.519 e. The summed E-state index contributed by atoms with van der Waals surface area (Å²) in [5.74, 6) is 0.788. The standard InChI is InChI=1S/C10H16O3/c1-5-7-8(6-10(2,3)4)13-9(11)12-7/h5-6H2,1-4H3. The highest BCUT2D eigenvalue weighted by Gasteiger charge is 2.18. The second-order valence-corrected chi connectivity index (χ2v) is 4.39. The summed E-state index contributed by atoms with van der Waals surface area (Å²) in [7, 11) is 0. The Balaban J connectivity index is 2.94. The Kier molecular flexibility index (Phi) is 2.64. The third-order valence-electron chi connectivity index (χ3n) is 1.74. The predicted octanol–water partition coefficient (Wildman–Crippen LogP) is 2.38. The molecule has 1 aromatic rings. The molecule has 0 aliphatic heterocycles. The minimum absolute atomic E-state index is 0.115. The van der Waals surface area contributed by atoms with E-state index in [0.717, 1.165) is 6.42 Å². The smallest absolute Gasteiger partial charge is 0.396 e. The fraction of sp³-hybridized carbons (Fsp3) is 0.700. The molecule has 0 unspecified atom stereocenters. The van der Waals surface area contributed by atoms with E-state index in [4.69, 9.17) is 8.83 Å². The molecule has 1 rings (SSSR count). The van der Waals surface area contributed by atoms with Crippen molar-refractivity contribution in [1.82, 2.24) is 0 Å². The van der Waals surface area contributed by atoms with Gasteiger partial charge in [0.2, 0.25) is 0 Å². The van der Waals surface area contributed by atoms with Gasteiger partial charge >= 0.3 is 5.82 Å². The molecule has 0 spiro atoms. The van der Waals surface area contributed by atoms with Crippen LogP contribution in [0, 0.1) is 5.41 Å². The fourth-order valence-electron chi connectivity index (χ4n) is 1.22. The summed E-state index contributed by atoms with van der Waals surface area (Å²) >= 11 is 0. The van der Waals surface area contributed by atoms with Crippen molar-refractivity contribution in [2.75, 3.05) is 0 Å². The first-order chi connectivity index (χ1) is 5.92. The Morgan fingerprint density at radius 1 is 1.15 bits per heavy atom. The lowest BCUT2D eigenvalue weighted by Gasteiger charge is -2.15. The summed E-state index contributed by atoms with van der Waals surface area (Å²) in [4.78, 5) is 10.8. The van der Waals surface area contributed by atoms with Gasteiger partial charge in [-0.15, -0.1) is 0 Å². The van der Waals surface area contributed by atoms with Gasteiger partial charge < -0.3 is 8.83 Å². The van der Waals surface area contributed by atoms with E-state index in [2.05, 4.69) is 20.8 Å². The molecule has 0 saturated heterocycles. The molecular weight excluding hydrogens is 168 g/mol. The summed E-state index contributed by atoms with van der Waals surface area (Å²) in [6.45, 7) is 8.23. The van der Waals surface area contributed by atoms with Crippen LogP contribution >= 0.6 is 0 Å². The maximum absolute atomic E-state index is 10.8. The lowest BCUT2D eigenvalue weighted by molar-refractivity contribution is 0.334. The van der Waals surface area contributed by atoms with Gasteiger partial charge in [0.1, 0.15) is 5.76 Å². The molecule has 0 N–H and O–H groups in total. The van der Waals surface area contributed by atoms with Crippen LogP contribution in [0.15, 0.2) is 13.6 Å². The summed E-state index contributed by atoms with van der Waals surface area (Å²) in [6.07, 6.45) is 1.44. The number of aryl methyl sites for hydroxylation is 1. The highest BCUT2D eigenvalue weighted by Crippen LogP contribution is 2.22. The normalized spacial score (nSPS) is 12.0. The Morgan fingerprint density at radius 2 is 1.69 bits per heavy atom. The molecule has 0 saturated carbocycles. The monoisotopic (exact) mass is 184 g/mol. The summed E-state index contributed by atoms with van der Waals surface area (Å²) in [5, 5.41) is 0. The number of hydrogen-bond donors (Lipinski definition) is 0. The second kappa shape index (κ2) is 3.40. The molecule has 13 heavy (non-hydrogen) atoms. The zero-order valence-corrected chi connectivity index (χ0v) is 8.64. The molecule has 0 fully saturated rings. The van der Waals surface area contributed by atoms with E-state index >= 15 is 0 Å². The fourth-order valence-corrected chi connectivity index (χ4v) is 1.22. The Labute approximate surface area is 77.7 Å². The Bertz CT molecular complexity index is 325. The Morgan fingerprint density at radius 3 is 2.15 bits per heavy atom. The van der Waals surface area contributed by atoms with Gasteiger partial charge in [-0.1, -0.05) is 27.7 Å². The van der Waals surface area contributed by atoms with Crippen LogP contribution in [0.25, 0.3) is 0 Å². The first kappa shape index (κ1) is 10.1. The maximum Gasteiger partial charge on any atom is 0.519 e. The Hall–Kier alpha value is -0.990. The van der Waals surface area contributed by atoms with Gasteiger partial charge in [-0.25, -0.2) is 4.79 Å². The van der Waals surface area contributed by atoms with E-state index in [1.165, 1.54) is 0 Å². The van der Waals surface area contributed by atoms with E-state index in [-0.39, 0.29) is 5.41 Å². The molecule has 1 aromatic heterocycles. The summed E-state index contributed by atoms with van der Waals surface area (Å²) < 4.78 is 9.85. The molecule has 0 aromatic carbocycles. The van der Waals surface area contributed by atoms with Crippen molar-refractivity contribution >= 4 is 0 Å². The highest BCUT2D eigenvalue weighted by atomic mass is 16.6. The van der Waals surface area contributed by atoms with Gasteiger partial charge in [0.25, 0.3) is 0 Å². The van der Waals surface area contributed by atoms with Crippen molar-refractivity contribution in [2.45, 2.75) is 40.5 Å². The van der Waals surface area contributed by atoms with Crippen LogP contribution in [-0.4, -0.2) is 0 Å². The van der Waals surface area contributed by atoms with Crippen LogP contribution in [0.3, 0.4) is 0 Å². The third kappa shape index (κ3) is 2.76. The summed E-state index contributed by atoms with van der Waals surface area (Å²) in [6, 6.07) is 0. The predicted molar refractivity (Wildman–Crippen MR) is 49.8 cm³/mol. The van der Waals surface area contributed by atoms with Gasteiger partial charge in [0.15, 0.2) is 5.76 Å². The van der Waals surface area contributed by atoms with Gasteiger partial charge in [0.05, 0.1) is 0 Å².